The first-order valence-corrected chi connectivity index (χ1v) is 11.6. The fourth-order valence-corrected chi connectivity index (χ4v) is 4.50. The van der Waals surface area contributed by atoms with Gasteiger partial charge in [0.05, 0.1) is 5.56 Å². The van der Waals surface area contributed by atoms with Gasteiger partial charge in [0.25, 0.3) is 0 Å². The van der Waals surface area contributed by atoms with Crippen LogP contribution in [0.4, 0.5) is 10.5 Å². The summed E-state index contributed by atoms with van der Waals surface area (Å²) in [5.74, 6) is -1.37. The summed E-state index contributed by atoms with van der Waals surface area (Å²) in [5.41, 5.74) is 5.09. The van der Waals surface area contributed by atoms with Gasteiger partial charge in [-0.25, -0.2) is 9.59 Å². The standard InChI is InChI=1S/C26H23BrN2O5/c27-23-12-11-16(14-21(23)25(31)32)29-24(30)10-5-13-28-26(33)34-15-22-19-8-3-1-6-17(19)18-7-2-4-9-20(18)22/h1-4,6-9,11-12,14,22H,5,10,13,15H2,(H,28,33)(H,29,30)(H,31,32). The molecule has 0 bridgehead atoms. The lowest BCUT2D eigenvalue weighted by Crippen LogP contribution is -2.27. The summed E-state index contributed by atoms with van der Waals surface area (Å²) in [6.07, 6.45) is 0.0572. The Morgan fingerprint density at radius 1 is 0.941 bits per heavy atom. The van der Waals surface area contributed by atoms with Crippen molar-refractivity contribution in [3.8, 4) is 11.1 Å². The molecule has 0 saturated heterocycles. The van der Waals surface area contributed by atoms with Crippen LogP contribution in [0.3, 0.4) is 0 Å². The summed E-state index contributed by atoms with van der Waals surface area (Å²) in [6, 6.07) is 20.8. The third-order valence-electron chi connectivity index (χ3n) is 5.67. The van der Waals surface area contributed by atoms with E-state index in [0.29, 0.717) is 16.6 Å². The Hall–Kier alpha value is -3.65. The molecule has 3 aromatic carbocycles. The van der Waals surface area contributed by atoms with E-state index in [9.17, 15) is 14.4 Å². The molecule has 0 saturated carbocycles. The number of halogens is 1. The van der Waals surface area contributed by atoms with E-state index >= 15 is 0 Å². The van der Waals surface area contributed by atoms with Crippen molar-refractivity contribution in [1.29, 1.82) is 0 Å². The summed E-state index contributed by atoms with van der Waals surface area (Å²) in [7, 11) is 0. The van der Waals surface area contributed by atoms with Crippen molar-refractivity contribution in [3.63, 3.8) is 0 Å². The Morgan fingerprint density at radius 3 is 2.24 bits per heavy atom. The third kappa shape index (κ3) is 5.28. The molecule has 0 heterocycles. The minimum absolute atomic E-state index is 0.00877. The van der Waals surface area contributed by atoms with Crippen molar-refractivity contribution in [1.82, 2.24) is 5.32 Å². The summed E-state index contributed by atoms with van der Waals surface area (Å²) in [5, 5.41) is 14.5. The Labute approximate surface area is 205 Å². The molecule has 0 atom stereocenters. The smallest absolute Gasteiger partial charge is 0.407 e. The molecule has 1 aliphatic rings. The van der Waals surface area contributed by atoms with Gasteiger partial charge < -0.3 is 20.5 Å². The monoisotopic (exact) mass is 522 g/mol. The van der Waals surface area contributed by atoms with Gasteiger partial charge in [0.1, 0.15) is 6.61 Å². The van der Waals surface area contributed by atoms with Gasteiger partial charge in [-0.2, -0.15) is 0 Å². The molecule has 0 aliphatic heterocycles. The van der Waals surface area contributed by atoms with Crippen molar-refractivity contribution < 1.29 is 24.2 Å². The van der Waals surface area contributed by atoms with Gasteiger partial charge >= 0.3 is 12.1 Å². The Balaban J connectivity index is 1.22. The molecule has 0 unspecified atom stereocenters. The van der Waals surface area contributed by atoms with Gasteiger partial charge in [-0.15, -0.1) is 0 Å². The van der Waals surface area contributed by atoms with Crippen molar-refractivity contribution in [2.45, 2.75) is 18.8 Å². The van der Waals surface area contributed by atoms with Crippen LogP contribution in [-0.4, -0.2) is 36.2 Å². The van der Waals surface area contributed by atoms with E-state index in [1.807, 2.05) is 24.3 Å². The van der Waals surface area contributed by atoms with Crippen molar-refractivity contribution in [2.24, 2.45) is 0 Å². The van der Waals surface area contributed by atoms with Gasteiger partial charge in [0.15, 0.2) is 0 Å². The molecule has 2 amide bonds. The van der Waals surface area contributed by atoms with E-state index in [2.05, 4.69) is 50.8 Å². The molecule has 174 valence electrons. The fourth-order valence-electron chi connectivity index (χ4n) is 4.08. The SMILES string of the molecule is O=C(CCCNC(=O)OCC1c2ccccc2-c2ccccc21)Nc1ccc(Br)c(C(=O)O)c1. The average molecular weight is 523 g/mol. The van der Waals surface area contributed by atoms with E-state index in [1.54, 1.807) is 12.1 Å². The maximum atomic E-state index is 12.2. The second kappa shape index (κ2) is 10.5. The number of carbonyl (C=O) groups is 3. The number of alkyl carbamates (subject to hydrolysis) is 1. The Morgan fingerprint density at radius 2 is 1.59 bits per heavy atom. The average Bonchev–Trinajstić information content (AvgIpc) is 3.15. The van der Waals surface area contributed by atoms with Crippen molar-refractivity contribution >= 4 is 39.6 Å². The first-order chi connectivity index (χ1) is 16.4. The summed E-state index contributed by atoms with van der Waals surface area (Å²) >= 11 is 3.17. The summed E-state index contributed by atoms with van der Waals surface area (Å²) in [6.45, 7) is 0.515. The van der Waals surface area contributed by atoms with Gasteiger partial charge in [0.2, 0.25) is 5.91 Å². The number of ether oxygens (including phenoxy) is 1. The number of amides is 2. The molecule has 1 aliphatic carbocycles. The Bertz CT molecular complexity index is 1200. The predicted molar refractivity (Wildman–Crippen MR) is 132 cm³/mol. The minimum Gasteiger partial charge on any atom is -0.478 e. The van der Waals surface area contributed by atoms with Crippen LogP contribution in [0.25, 0.3) is 11.1 Å². The lowest BCUT2D eigenvalue weighted by Gasteiger charge is -2.14. The van der Waals surface area contributed by atoms with Crippen LogP contribution in [0.2, 0.25) is 0 Å². The van der Waals surface area contributed by atoms with Crippen molar-refractivity contribution in [2.75, 3.05) is 18.5 Å². The molecule has 0 fully saturated rings. The molecule has 3 N–H and O–H groups in total. The minimum atomic E-state index is -1.09. The molecule has 34 heavy (non-hydrogen) atoms. The van der Waals surface area contributed by atoms with Gasteiger partial charge in [-0.05, 0) is 62.8 Å². The number of hydrogen-bond donors (Lipinski definition) is 3. The largest absolute Gasteiger partial charge is 0.478 e. The van der Waals surface area contributed by atoms with Crippen molar-refractivity contribution in [3.05, 3.63) is 87.9 Å². The van der Waals surface area contributed by atoms with E-state index in [0.717, 1.165) is 11.1 Å². The number of rotatable bonds is 8. The van der Waals surface area contributed by atoms with Crippen LogP contribution in [0.5, 0.6) is 0 Å². The zero-order valence-corrected chi connectivity index (χ0v) is 19.8. The lowest BCUT2D eigenvalue weighted by molar-refractivity contribution is -0.116. The summed E-state index contributed by atoms with van der Waals surface area (Å²) in [4.78, 5) is 35.5. The molecule has 4 rings (SSSR count). The first kappa shape index (κ1) is 23.5. The zero-order valence-electron chi connectivity index (χ0n) is 18.2. The van der Waals surface area contributed by atoms with Crippen LogP contribution in [0.1, 0.15) is 40.2 Å². The molecule has 7 nitrogen and oxygen atoms in total. The van der Waals surface area contributed by atoms with E-state index in [4.69, 9.17) is 9.84 Å². The number of aromatic carboxylic acids is 1. The third-order valence-corrected chi connectivity index (χ3v) is 6.37. The van der Waals surface area contributed by atoms with E-state index in [1.165, 1.54) is 17.2 Å². The Kier molecular flexibility index (Phi) is 7.27. The van der Waals surface area contributed by atoms with Gasteiger partial charge in [-0.1, -0.05) is 48.5 Å². The lowest BCUT2D eigenvalue weighted by atomic mass is 9.98. The second-order valence-corrected chi connectivity index (χ2v) is 8.76. The van der Waals surface area contributed by atoms with Gasteiger partial charge in [-0.3, -0.25) is 4.79 Å². The highest BCUT2D eigenvalue weighted by atomic mass is 79.9. The normalized spacial score (nSPS) is 11.9. The van der Waals surface area contributed by atoms with Gasteiger partial charge in [0, 0.05) is 29.0 Å². The number of benzene rings is 3. The zero-order chi connectivity index (χ0) is 24.1. The number of carbonyl (C=O) groups excluding carboxylic acids is 2. The number of carboxylic acid groups (broad SMARTS) is 1. The molecule has 0 radical (unpaired) electrons. The van der Waals surface area contributed by atoms with Crippen LogP contribution in [0, 0.1) is 0 Å². The number of hydrogen-bond acceptors (Lipinski definition) is 4. The van der Waals surface area contributed by atoms with Crippen LogP contribution in [0.15, 0.2) is 71.2 Å². The molecule has 8 heteroatoms. The molecular weight excluding hydrogens is 500 g/mol. The molecule has 0 aromatic heterocycles. The maximum absolute atomic E-state index is 12.2. The van der Waals surface area contributed by atoms with E-state index in [-0.39, 0.29) is 37.0 Å². The predicted octanol–water partition coefficient (Wildman–Crippen LogP) is 5.40. The number of fused-ring (bicyclic) bond motifs is 3. The highest BCUT2D eigenvalue weighted by Gasteiger charge is 2.28. The van der Waals surface area contributed by atoms with Crippen LogP contribution < -0.4 is 10.6 Å². The number of nitrogens with one attached hydrogen (secondary N) is 2. The molecule has 0 spiro atoms. The molecule has 3 aromatic rings. The number of anilines is 1. The summed E-state index contributed by atoms with van der Waals surface area (Å²) < 4.78 is 5.91. The topological polar surface area (TPSA) is 105 Å². The highest BCUT2D eigenvalue weighted by Crippen LogP contribution is 2.44. The van der Waals surface area contributed by atoms with Crippen LogP contribution >= 0.6 is 15.9 Å². The second-order valence-electron chi connectivity index (χ2n) is 7.90. The molecular formula is C26H23BrN2O5. The maximum Gasteiger partial charge on any atom is 0.407 e. The van der Waals surface area contributed by atoms with E-state index < -0.39 is 12.1 Å². The quantitative estimate of drug-likeness (QED) is 0.343. The first-order valence-electron chi connectivity index (χ1n) is 10.9. The fraction of sp³-hybridized carbons (Fsp3) is 0.192. The van der Waals surface area contributed by atoms with Crippen LogP contribution in [-0.2, 0) is 9.53 Å². The highest BCUT2D eigenvalue weighted by molar-refractivity contribution is 9.10. The number of carboxylic acids is 1.